The Morgan fingerprint density at radius 3 is 2.95 bits per heavy atom. The first-order chi connectivity index (χ1) is 9.69. The molecule has 0 aliphatic heterocycles. The lowest BCUT2D eigenvalue weighted by molar-refractivity contribution is 0.0944. The maximum Gasteiger partial charge on any atom is 0.251 e. The van der Waals surface area contributed by atoms with E-state index in [-0.39, 0.29) is 12.5 Å². The van der Waals surface area contributed by atoms with E-state index in [0.29, 0.717) is 35.9 Å². The standard InChI is InChI=1S/C15H19ClN2O2/c1-2-20-10-4-9-18-15(19)13-7-6-12(5-3-8-17)14(16)11-13/h6-7,11H,2,4,8-10,17H2,1H3,(H,18,19). The van der Waals surface area contributed by atoms with Gasteiger partial charge in [0.25, 0.3) is 5.91 Å². The summed E-state index contributed by atoms with van der Waals surface area (Å²) in [6.07, 6.45) is 0.785. The molecule has 1 aromatic carbocycles. The highest BCUT2D eigenvalue weighted by Gasteiger charge is 2.07. The van der Waals surface area contributed by atoms with E-state index in [1.807, 2.05) is 6.92 Å². The minimum absolute atomic E-state index is 0.151. The van der Waals surface area contributed by atoms with E-state index in [4.69, 9.17) is 22.1 Å². The number of nitrogens with two attached hydrogens (primary N) is 1. The summed E-state index contributed by atoms with van der Waals surface area (Å²) in [4.78, 5) is 11.9. The second-order valence-electron chi connectivity index (χ2n) is 4.01. The first-order valence-corrected chi connectivity index (χ1v) is 6.91. The predicted octanol–water partition coefficient (Wildman–Crippen LogP) is 1.81. The smallest absolute Gasteiger partial charge is 0.251 e. The largest absolute Gasteiger partial charge is 0.382 e. The Morgan fingerprint density at radius 2 is 2.30 bits per heavy atom. The van der Waals surface area contributed by atoms with Crippen molar-refractivity contribution in [3.8, 4) is 11.8 Å². The van der Waals surface area contributed by atoms with Crippen LogP contribution in [0.1, 0.15) is 29.3 Å². The average Bonchev–Trinajstić information content (AvgIpc) is 2.45. The Morgan fingerprint density at radius 1 is 1.50 bits per heavy atom. The van der Waals surface area contributed by atoms with Crippen molar-refractivity contribution in [1.82, 2.24) is 5.32 Å². The second kappa shape index (κ2) is 9.38. The first kappa shape index (κ1) is 16.5. The molecule has 0 saturated carbocycles. The van der Waals surface area contributed by atoms with E-state index < -0.39 is 0 Å². The molecule has 0 aromatic heterocycles. The Bertz CT molecular complexity index is 506. The Balaban J connectivity index is 2.54. The van der Waals surface area contributed by atoms with Crippen LogP contribution in [0.5, 0.6) is 0 Å². The van der Waals surface area contributed by atoms with E-state index in [2.05, 4.69) is 17.2 Å². The van der Waals surface area contributed by atoms with Gasteiger partial charge < -0.3 is 15.8 Å². The molecule has 0 aliphatic carbocycles. The van der Waals surface area contributed by atoms with Crippen LogP contribution >= 0.6 is 11.6 Å². The second-order valence-corrected chi connectivity index (χ2v) is 4.41. The van der Waals surface area contributed by atoms with Gasteiger partial charge in [0.1, 0.15) is 0 Å². The van der Waals surface area contributed by atoms with Crippen LogP contribution in [0.15, 0.2) is 18.2 Å². The van der Waals surface area contributed by atoms with Crippen LogP contribution < -0.4 is 11.1 Å². The molecule has 1 aromatic rings. The van der Waals surface area contributed by atoms with Crippen molar-refractivity contribution < 1.29 is 9.53 Å². The summed E-state index contributed by atoms with van der Waals surface area (Å²) in [6, 6.07) is 5.03. The number of carbonyl (C=O) groups is 1. The van der Waals surface area contributed by atoms with E-state index in [1.165, 1.54) is 0 Å². The van der Waals surface area contributed by atoms with Gasteiger partial charge in [-0.15, -0.1) is 0 Å². The maximum atomic E-state index is 11.9. The van der Waals surface area contributed by atoms with E-state index in [1.54, 1.807) is 18.2 Å². The highest BCUT2D eigenvalue weighted by atomic mass is 35.5. The normalized spacial score (nSPS) is 9.75. The van der Waals surface area contributed by atoms with Gasteiger partial charge in [-0.3, -0.25) is 4.79 Å². The zero-order valence-electron chi connectivity index (χ0n) is 11.5. The van der Waals surface area contributed by atoms with Crippen LogP contribution in [0.2, 0.25) is 5.02 Å². The number of hydrogen-bond acceptors (Lipinski definition) is 3. The third-order valence-electron chi connectivity index (χ3n) is 2.51. The summed E-state index contributed by atoms with van der Waals surface area (Å²) in [7, 11) is 0. The van der Waals surface area contributed by atoms with Gasteiger partial charge in [-0.05, 0) is 31.5 Å². The molecule has 4 nitrogen and oxygen atoms in total. The molecule has 0 fully saturated rings. The van der Waals surface area contributed by atoms with E-state index in [9.17, 15) is 4.79 Å². The van der Waals surface area contributed by atoms with Gasteiger partial charge in [0.05, 0.1) is 11.6 Å². The highest BCUT2D eigenvalue weighted by Crippen LogP contribution is 2.16. The number of hydrogen-bond donors (Lipinski definition) is 2. The molecular formula is C15H19ClN2O2. The number of nitrogens with one attached hydrogen (secondary N) is 1. The van der Waals surface area contributed by atoms with Gasteiger partial charge in [0.2, 0.25) is 0 Å². The topological polar surface area (TPSA) is 64.3 Å². The van der Waals surface area contributed by atoms with Crippen molar-refractivity contribution in [3.63, 3.8) is 0 Å². The van der Waals surface area contributed by atoms with Crippen LogP contribution in [0.25, 0.3) is 0 Å². The quantitative estimate of drug-likeness (QED) is 0.621. The summed E-state index contributed by atoms with van der Waals surface area (Å²) in [5.41, 5.74) is 6.49. The van der Waals surface area contributed by atoms with Crippen LogP contribution in [0.3, 0.4) is 0 Å². The third kappa shape index (κ3) is 5.62. The average molecular weight is 295 g/mol. The lowest BCUT2D eigenvalue weighted by Crippen LogP contribution is -2.25. The number of benzene rings is 1. The van der Waals surface area contributed by atoms with Gasteiger partial charge in [0, 0.05) is 30.9 Å². The fraction of sp³-hybridized carbons (Fsp3) is 0.400. The van der Waals surface area contributed by atoms with E-state index >= 15 is 0 Å². The van der Waals surface area contributed by atoms with Crippen LogP contribution in [-0.2, 0) is 4.74 Å². The summed E-state index contributed by atoms with van der Waals surface area (Å²) in [5, 5.41) is 3.27. The summed E-state index contributed by atoms with van der Waals surface area (Å²) in [5.74, 6) is 5.43. The first-order valence-electron chi connectivity index (χ1n) is 6.53. The molecule has 0 radical (unpaired) electrons. The molecule has 20 heavy (non-hydrogen) atoms. The molecule has 3 N–H and O–H groups in total. The van der Waals surface area contributed by atoms with Gasteiger partial charge in [-0.25, -0.2) is 0 Å². The zero-order valence-corrected chi connectivity index (χ0v) is 12.3. The van der Waals surface area contributed by atoms with Gasteiger partial charge in [-0.2, -0.15) is 0 Å². The lowest BCUT2D eigenvalue weighted by atomic mass is 10.1. The molecule has 0 atom stereocenters. The number of halogens is 1. The van der Waals surface area contributed by atoms with Crippen molar-refractivity contribution in [2.75, 3.05) is 26.3 Å². The van der Waals surface area contributed by atoms with Gasteiger partial charge in [0.15, 0.2) is 0 Å². The summed E-state index contributed by atoms with van der Waals surface area (Å²) < 4.78 is 5.20. The lowest BCUT2D eigenvalue weighted by Gasteiger charge is -2.06. The van der Waals surface area contributed by atoms with Crippen LogP contribution in [0, 0.1) is 11.8 Å². The molecular weight excluding hydrogens is 276 g/mol. The Labute approximate surface area is 124 Å². The number of amides is 1. The molecule has 1 amide bonds. The van der Waals surface area contributed by atoms with Gasteiger partial charge in [-0.1, -0.05) is 23.4 Å². The minimum Gasteiger partial charge on any atom is -0.382 e. The van der Waals surface area contributed by atoms with Crippen molar-refractivity contribution in [3.05, 3.63) is 34.3 Å². The molecule has 0 saturated heterocycles. The molecule has 0 spiro atoms. The van der Waals surface area contributed by atoms with Crippen molar-refractivity contribution in [1.29, 1.82) is 0 Å². The number of carbonyl (C=O) groups excluding carboxylic acids is 1. The van der Waals surface area contributed by atoms with Crippen molar-refractivity contribution in [2.45, 2.75) is 13.3 Å². The van der Waals surface area contributed by atoms with Crippen LogP contribution in [0.4, 0.5) is 0 Å². The zero-order chi connectivity index (χ0) is 14.8. The van der Waals surface area contributed by atoms with Crippen molar-refractivity contribution in [2.24, 2.45) is 5.73 Å². The number of ether oxygens (including phenoxy) is 1. The summed E-state index contributed by atoms with van der Waals surface area (Å²) in [6.45, 7) is 4.12. The summed E-state index contributed by atoms with van der Waals surface area (Å²) >= 11 is 6.07. The molecule has 5 heteroatoms. The minimum atomic E-state index is -0.151. The maximum absolute atomic E-state index is 11.9. The molecule has 0 aliphatic rings. The van der Waals surface area contributed by atoms with Crippen LogP contribution in [-0.4, -0.2) is 32.2 Å². The van der Waals surface area contributed by atoms with E-state index in [0.717, 1.165) is 6.42 Å². The molecule has 0 unspecified atom stereocenters. The Hall–Kier alpha value is -1.54. The highest BCUT2D eigenvalue weighted by molar-refractivity contribution is 6.32. The monoisotopic (exact) mass is 294 g/mol. The van der Waals surface area contributed by atoms with Gasteiger partial charge >= 0.3 is 0 Å². The molecule has 0 heterocycles. The molecule has 1 rings (SSSR count). The fourth-order valence-corrected chi connectivity index (χ4v) is 1.75. The predicted molar refractivity (Wildman–Crippen MR) is 80.8 cm³/mol. The molecule has 108 valence electrons. The fourth-order valence-electron chi connectivity index (χ4n) is 1.53. The molecule has 0 bridgehead atoms. The number of rotatable bonds is 6. The Kier molecular flexibility index (Phi) is 7.74. The SMILES string of the molecule is CCOCCCNC(=O)c1ccc(C#CCN)c(Cl)c1. The van der Waals surface area contributed by atoms with Crippen molar-refractivity contribution >= 4 is 17.5 Å². The third-order valence-corrected chi connectivity index (χ3v) is 2.82.